The summed E-state index contributed by atoms with van der Waals surface area (Å²) in [6.07, 6.45) is 2.52. The molecule has 2 aromatic rings. The highest BCUT2D eigenvalue weighted by Crippen LogP contribution is 2.28. The lowest BCUT2D eigenvalue weighted by Crippen LogP contribution is -1.97. The Morgan fingerprint density at radius 3 is 2.78 bits per heavy atom. The number of benzene rings is 1. The SMILES string of the molecule is CCc1c(-c2ccc(OC)cc2C)[nH]cnc1=S. The van der Waals surface area contributed by atoms with Crippen molar-refractivity contribution in [3.8, 4) is 17.0 Å². The van der Waals surface area contributed by atoms with Gasteiger partial charge >= 0.3 is 0 Å². The molecule has 0 fully saturated rings. The van der Waals surface area contributed by atoms with E-state index in [1.807, 2.05) is 18.2 Å². The van der Waals surface area contributed by atoms with E-state index in [-0.39, 0.29) is 0 Å². The van der Waals surface area contributed by atoms with E-state index in [1.54, 1.807) is 13.4 Å². The highest BCUT2D eigenvalue weighted by Gasteiger charge is 2.09. The number of aromatic nitrogens is 2. The van der Waals surface area contributed by atoms with Crippen molar-refractivity contribution < 1.29 is 4.74 Å². The Kier molecular flexibility index (Phi) is 3.77. The fraction of sp³-hybridized carbons (Fsp3) is 0.286. The average molecular weight is 260 g/mol. The van der Waals surface area contributed by atoms with E-state index < -0.39 is 0 Å². The fourth-order valence-electron chi connectivity index (χ4n) is 2.04. The topological polar surface area (TPSA) is 37.9 Å². The van der Waals surface area contributed by atoms with Gasteiger partial charge in [0, 0.05) is 11.1 Å². The Morgan fingerprint density at radius 2 is 2.17 bits per heavy atom. The van der Waals surface area contributed by atoms with Gasteiger partial charge in [-0.15, -0.1) is 0 Å². The lowest BCUT2D eigenvalue weighted by Gasteiger charge is -2.11. The van der Waals surface area contributed by atoms with E-state index in [1.165, 1.54) is 0 Å². The second-order valence-electron chi connectivity index (χ2n) is 4.10. The molecule has 1 heterocycles. The van der Waals surface area contributed by atoms with Crippen molar-refractivity contribution in [2.24, 2.45) is 0 Å². The number of hydrogen-bond donors (Lipinski definition) is 1. The van der Waals surface area contributed by atoms with Crippen LogP contribution in [0.1, 0.15) is 18.1 Å². The van der Waals surface area contributed by atoms with Crippen LogP contribution in [0, 0.1) is 11.6 Å². The van der Waals surface area contributed by atoms with Gasteiger partial charge in [0.05, 0.1) is 19.1 Å². The smallest absolute Gasteiger partial charge is 0.133 e. The fourth-order valence-corrected chi connectivity index (χ4v) is 2.34. The van der Waals surface area contributed by atoms with Crippen molar-refractivity contribution in [1.29, 1.82) is 0 Å². The molecule has 1 N–H and O–H groups in total. The molecule has 4 heteroatoms. The first-order chi connectivity index (χ1) is 8.67. The molecule has 0 aliphatic heterocycles. The van der Waals surface area contributed by atoms with Gasteiger partial charge in [0.15, 0.2) is 0 Å². The summed E-state index contributed by atoms with van der Waals surface area (Å²) in [6.45, 7) is 4.15. The molecule has 0 amide bonds. The van der Waals surface area contributed by atoms with Crippen molar-refractivity contribution >= 4 is 12.2 Å². The maximum atomic E-state index is 5.27. The van der Waals surface area contributed by atoms with Crippen molar-refractivity contribution in [1.82, 2.24) is 9.97 Å². The molecule has 1 aromatic carbocycles. The predicted octanol–water partition coefficient (Wildman–Crippen LogP) is 3.69. The standard InChI is InChI=1S/C14H16N2OS/c1-4-11-13(15-8-16-14(11)18)12-6-5-10(17-3)7-9(12)2/h5-8H,4H2,1-3H3,(H,15,16,18). The molecule has 0 aliphatic rings. The van der Waals surface area contributed by atoms with Gasteiger partial charge in [-0.05, 0) is 37.1 Å². The molecule has 0 atom stereocenters. The van der Waals surface area contributed by atoms with E-state index in [9.17, 15) is 0 Å². The summed E-state index contributed by atoms with van der Waals surface area (Å²) in [6, 6.07) is 6.03. The second-order valence-corrected chi connectivity index (χ2v) is 4.48. The lowest BCUT2D eigenvalue weighted by molar-refractivity contribution is 0.414. The molecule has 0 saturated carbocycles. The minimum Gasteiger partial charge on any atom is -0.497 e. The van der Waals surface area contributed by atoms with Crippen LogP contribution >= 0.6 is 12.2 Å². The summed E-state index contributed by atoms with van der Waals surface area (Å²) >= 11 is 5.27. The first-order valence-electron chi connectivity index (χ1n) is 5.89. The van der Waals surface area contributed by atoms with Crippen molar-refractivity contribution in [2.75, 3.05) is 7.11 Å². The molecule has 0 unspecified atom stereocenters. The molecule has 0 radical (unpaired) electrons. The Morgan fingerprint density at radius 1 is 1.39 bits per heavy atom. The van der Waals surface area contributed by atoms with Gasteiger partial charge in [0.25, 0.3) is 0 Å². The first kappa shape index (κ1) is 12.8. The minimum atomic E-state index is 0.668. The van der Waals surface area contributed by atoms with Crippen molar-refractivity contribution in [3.05, 3.63) is 40.3 Å². The minimum absolute atomic E-state index is 0.668. The van der Waals surface area contributed by atoms with Crippen LogP contribution in [0.5, 0.6) is 5.75 Å². The zero-order valence-electron chi connectivity index (χ0n) is 10.8. The van der Waals surface area contributed by atoms with Crippen LogP contribution in [0.15, 0.2) is 24.5 Å². The molecule has 2 rings (SSSR count). The molecule has 0 saturated heterocycles. The third-order valence-corrected chi connectivity index (χ3v) is 3.36. The Labute approximate surface area is 112 Å². The molecule has 1 aromatic heterocycles. The third-order valence-electron chi connectivity index (χ3n) is 3.01. The molecule has 3 nitrogen and oxygen atoms in total. The molecule has 0 aliphatic carbocycles. The number of nitrogens with zero attached hydrogens (tertiary/aromatic N) is 1. The van der Waals surface area contributed by atoms with E-state index >= 15 is 0 Å². The van der Waals surface area contributed by atoms with Gasteiger partial charge < -0.3 is 9.72 Å². The number of aromatic amines is 1. The van der Waals surface area contributed by atoms with Gasteiger partial charge in [-0.2, -0.15) is 0 Å². The summed E-state index contributed by atoms with van der Waals surface area (Å²) in [4.78, 5) is 7.34. The Hall–Kier alpha value is -1.68. The first-order valence-corrected chi connectivity index (χ1v) is 6.29. The lowest BCUT2D eigenvalue weighted by atomic mass is 10.0. The number of H-pyrrole nitrogens is 1. The maximum absolute atomic E-state index is 5.27. The Balaban J connectivity index is 2.62. The summed E-state index contributed by atoms with van der Waals surface area (Å²) in [5.41, 5.74) is 4.43. The number of nitrogens with one attached hydrogen (secondary N) is 1. The zero-order valence-corrected chi connectivity index (χ0v) is 11.6. The maximum Gasteiger partial charge on any atom is 0.133 e. The highest BCUT2D eigenvalue weighted by molar-refractivity contribution is 7.71. The van der Waals surface area contributed by atoms with Crippen molar-refractivity contribution in [2.45, 2.75) is 20.3 Å². The molecular formula is C14H16N2OS. The Bertz CT molecular complexity index is 619. The summed E-state index contributed by atoms with van der Waals surface area (Å²) in [7, 11) is 1.67. The number of methoxy groups -OCH3 is 1. The number of aryl methyl sites for hydroxylation is 1. The van der Waals surface area contributed by atoms with Crippen molar-refractivity contribution in [3.63, 3.8) is 0 Å². The number of ether oxygens (including phenoxy) is 1. The van der Waals surface area contributed by atoms with Gasteiger partial charge in [-0.3, -0.25) is 0 Å². The molecular weight excluding hydrogens is 244 g/mol. The van der Waals surface area contributed by atoms with Crippen LogP contribution in [0.25, 0.3) is 11.3 Å². The number of hydrogen-bond acceptors (Lipinski definition) is 3. The third kappa shape index (κ3) is 2.29. The summed E-state index contributed by atoms with van der Waals surface area (Å²) in [5.74, 6) is 0.863. The monoisotopic (exact) mass is 260 g/mol. The highest BCUT2D eigenvalue weighted by atomic mass is 32.1. The van der Waals surface area contributed by atoms with Crippen LogP contribution in [0.3, 0.4) is 0 Å². The summed E-state index contributed by atoms with van der Waals surface area (Å²) < 4.78 is 5.89. The molecule has 0 bridgehead atoms. The van der Waals surface area contributed by atoms with Crippen LogP contribution in [-0.2, 0) is 6.42 Å². The van der Waals surface area contributed by atoms with Crippen LogP contribution in [-0.4, -0.2) is 17.1 Å². The molecule has 94 valence electrons. The van der Waals surface area contributed by atoms with E-state index in [0.29, 0.717) is 4.64 Å². The predicted molar refractivity (Wildman–Crippen MR) is 75.5 cm³/mol. The zero-order chi connectivity index (χ0) is 13.1. The second kappa shape index (κ2) is 5.31. The van der Waals surface area contributed by atoms with E-state index in [0.717, 1.165) is 34.6 Å². The molecule has 18 heavy (non-hydrogen) atoms. The van der Waals surface area contributed by atoms with Crippen LogP contribution in [0.2, 0.25) is 0 Å². The largest absolute Gasteiger partial charge is 0.497 e. The quantitative estimate of drug-likeness (QED) is 0.855. The molecule has 0 spiro atoms. The van der Waals surface area contributed by atoms with E-state index in [4.69, 9.17) is 17.0 Å². The summed E-state index contributed by atoms with van der Waals surface area (Å²) in [5, 5.41) is 0. The van der Waals surface area contributed by atoms with Gasteiger partial charge in [-0.1, -0.05) is 19.1 Å². The van der Waals surface area contributed by atoms with E-state index in [2.05, 4.69) is 23.8 Å². The van der Waals surface area contributed by atoms with Crippen LogP contribution < -0.4 is 4.74 Å². The van der Waals surface area contributed by atoms with Gasteiger partial charge in [0.2, 0.25) is 0 Å². The van der Waals surface area contributed by atoms with Gasteiger partial charge in [0.1, 0.15) is 10.4 Å². The van der Waals surface area contributed by atoms with Gasteiger partial charge in [-0.25, -0.2) is 4.98 Å². The normalized spacial score (nSPS) is 10.4. The average Bonchev–Trinajstić information content (AvgIpc) is 2.38. The van der Waals surface area contributed by atoms with Crippen LogP contribution in [0.4, 0.5) is 0 Å². The number of rotatable bonds is 3.